The highest BCUT2D eigenvalue weighted by Gasteiger charge is 2.18. The second kappa shape index (κ2) is 8.98. The van der Waals surface area contributed by atoms with Gasteiger partial charge in [0.05, 0.1) is 23.1 Å². The highest BCUT2D eigenvalue weighted by molar-refractivity contribution is 5.96. The zero-order valence-corrected chi connectivity index (χ0v) is 17.8. The second-order valence-corrected chi connectivity index (χ2v) is 8.50. The van der Waals surface area contributed by atoms with Crippen molar-refractivity contribution in [2.24, 2.45) is 5.92 Å². The van der Waals surface area contributed by atoms with Gasteiger partial charge in [0.1, 0.15) is 11.5 Å². The molecule has 1 unspecified atom stereocenters. The molecule has 0 saturated carbocycles. The molecule has 3 aromatic rings. The first-order valence-electron chi connectivity index (χ1n) is 9.97. The van der Waals surface area contributed by atoms with Crippen molar-refractivity contribution in [1.29, 1.82) is 0 Å². The largest absolute Gasteiger partial charge is 0.507 e. The van der Waals surface area contributed by atoms with E-state index in [0.29, 0.717) is 18.9 Å². The monoisotopic (exact) mass is 408 g/mol. The summed E-state index contributed by atoms with van der Waals surface area (Å²) in [5, 5.41) is 19.9. The highest BCUT2D eigenvalue weighted by Crippen LogP contribution is 2.23. The first-order chi connectivity index (χ1) is 14.2. The summed E-state index contributed by atoms with van der Waals surface area (Å²) < 4.78 is 5.75. The molecule has 7 nitrogen and oxygen atoms in total. The van der Waals surface area contributed by atoms with E-state index in [1.54, 1.807) is 24.4 Å². The number of oxazole rings is 1. The number of rotatable bonds is 7. The van der Waals surface area contributed by atoms with Gasteiger partial charge in [0.25, 0.3) is 5.91 Å². The summed E-state index contributed by atoms with van der Waals surface area (Å²) in [6.45, 7) is 8.75. The van der Waals surface area contributed by atoms with Gasteiger partial charge < -0.3 is 14.8 Å². The smallest absolute Gasteiger partial charge is 0.255 e. The van der Waals surface area contributed by atoms with Crippen LogP contribution < -0.4 is 5.32 Å². The topological polar surface area (TPSA) is 104 Å². The number of aromatic nitrogens is 3. The number of amides is 1. The number of phenolic OH excluding ortho intramolecular Hbond substituents is 1. The van der Waals surface area contributed by atoms with Gasteiger partial charge in [-0.2, -0.15) is 5.10 Å². The van der Waals surface area contributed by atoms with Crippen LogP contribution in [0, 0.1) is 5.92 Å². The summed E-state index contributed by atoms with van der Waals surface area (Å²) in [6.07, 6.45) is 6.14. The fourth-order valence-electron chi connectivity index (χ4n) is 2.90. The van der Waals surface area contributed by atoms with Crippen LogP contribution >= 0.6 is 0 Å². The Bertz CT molecular complexity index is 1030. The number of benzene rings is 1. The van der Waals surface area contributed by atoms with Gasteiger partial charge >= 0.3 is 0 Å². The molecule has 0 aliphatic rings. The van der Waals surface area contributed by atoms with E-state index in [1.807, 2.05) is 25.1 Å². The normalized spacial score (nSPS) is 12.9. The molecule has 1 atom stereocenters. The second-order valence-electron chi connectivity index (χ2n) is 8.50. The summed E-state index contributed by atoms with van der Waals surface area (Å²) in [5.74, 6) is 1.27. The van der Waals surface area contributed by atoms with Crippen LogP contribution in [0.2, 0.25) is 0 Å². The fourth-order valence-corrected chi connectivity index (χ4v) is 2.90. The van der Waals surface area contributed by atoms with Crippen LogP contribution in [0.1, 0.15) is 61.1 Å². The molecular formula is C23H28N4O3. The van der Waals surface area contributed by atoms with Crippen LogP contribution in [-0.4, -0.2) is 32.7 Å². The number of carbonyl (C=O) groups excluding carboxylic acids is 1. The molecule has 2 aromatic heterocycles. The highest BCUT2D eigenvalue weighted by atomic mass is 16.4. The molecule has 1 amide bonds. The minimum atomic E-state index is -0.286. The van der Waals surface area contributed by atoms with E-state index in [9.17, 15) is 9.90 Å². The molecule has 2 heterocycles. The Morgan fingerprint density at radius 3 is 2.77 bits per heavy atom. The van der Waals surface area contributed by atoms with Crippen molar-refractivity contribution in [2.45, 2.75) is 39.5 Å². The maximum atomic E-state index is 12.2. The van der Waals surface area contributed by atoms with Crippen molar-refractivity contribution in [3.63, 3.8) is 0 Å². The quantitative estimate of drug-likeness (QED) is 0.544. The number of nitrogens with zero attached hydrogens (tertiary/aromatic N) is 2. The van der Waals surface area contributed by atoms with Crippen LogP contribution in [0.4, 0.5) is 0 Å². The molecule has 0 aliphatic heterocycles. The lowest BCUT2D eigenvalue weighted by atomic mass is 9.94. The predicted octanol–water partition coefficient (Wildman–Crippen LogP) is 4.18. The Kier molecular flexibility index (Phi) is 6.40. The van der Waals surface area contributed by atoms with E-state index in [-0.39, 0.29) is 28.6 Å². The van der Waals surface area contributed by atoms with Gasteiger partial charge in [-0.15, -0.1) is 0 Å². The summed E-state index contributed by atoms with van der Waals surface area (Å²) >= 11 is 0. The zero-order chi connectivity index (χ0) is 21.7. The Labute approximate surface area is 176 Å². The average Bonchev–Trinajstić information content (AvgIpc) is 3.34. The Hall–Kier alpha value is -3.35. The van der Waals surface area contributed by atoms with Gasteiger partial charge in [-0.1, -0.05) is 39.8 Å². The van der Waals surface area contributed by atoms with Crippen molar-refractivity contribution >= 4 is 18.1 Å². The van der Waals surface area contributed by atoms with E-state index in [0.717, 1.165) is 17.1 Å². The molecule has 1 aromatic carbocycles. The van der Waals surface area contributed by atoms with Crippen molar-refractivity contribution < 1.29 is 14.3 Å². The molecule has 3 N–H and O–H groups in total. The lowest BCUT2D eigenvalue weighted by Crippen LogP contribution is -2.29. The Morgan fingerprint density at radius 1 is 1.30 bits per heavy atom. The number of nitrogens with one attached hydrogen (secondary N) is 2. The van der Waals surface area contributed by atoms with Gasteiger partial charge in [-0.25, -0.2) is 4.98 Å². The lowest BCUT2D eigenvalue weighted by molar-refractivity contribution is 0.0945. The third-order valence-electron chi connectivity index (χ3n) is 4.64. The van der Waals surface area contributed by atoms with Crippen molar-refractivity contribution in [1.82, 2.24) is 20.5 Å². The lowest BCUT2D eigenvalue weighted by Gasteiger charge is -2.12. The van der Waals surface area contributed by atoms with E-state index >= 15 is 0 Å². The number of carbonyl (C=O) groups is 1. The SMILES string of the molecule is CC(CNC(=O)c1ccccc1O)Cc1cc(/C=C\c2ncc(C(C)(C)C)o2)[nH]n1. The molecule has 7 heteroatoms. The van der Waals surface area contributed by atoms with Crippen LogP contribution in [0.3, 0.4) is 0 Å². The molecule has 30 heavy (non-hydrogen) atoms. The maximum absolute atomic E-state index is 12.2. The molecule has 0 fully saturated rings. The van der Waals surface area contributed by atoms with Gasteiger partial charge in [0.15, 0.2) is 0 Å². The zero-order valence-electron chi connectivity index (χ0n) is 17.8. The first kappa shape index (κ1) is 21.4. The number of aromatic hydroxyl groups is 1. The minimum Gasteiger partial charge on any atom is -0.507 e. The number of hydrogen-bond donors (Lipinski definition) is 3. The molecule has 3 rings (SSSR count). The van der Waals surface area contributed by atoms with Crippen LogP contribution in [0.15, 0.2) is 40.9 Å². The fraction of sp³-hybridized carbons (Fsp3) is 0.348. The van der Waals surface area contributed by atoms with Crippen molar-refractivity contribution in [3.05, 3.63) is 65.1 Å². The molecule has 0 spiro atoms. The summed E-state index contributed by atoms with van der Waals surface area (Å²) in [4.78, 5) is 16.5. The van der Waals surface area contributed by atoms with Gasteiger partial charge in [-0.05, 0) is 36.6 Å². The average molecular weight is 409 g/mol. The molecule has 158 valence electrons. The Balaban J connectivity index is 1.52. The number of para-hydroxylation sites is 1. The van der Waals surface area contributed by atoms with E-state index in [4.69, 9.17) is 4.42 Å². The van der Waals surface area contributed by atoms with Crippen molar-refractivity contribution in [2.75, 3.05) is 6.54 Å². The van der Waals surface area contributed by atoms with Gasteiger partial charge in [0.2, 0.25) is 5.89 Å². The standard InChI is InChI=1S/C23H28N4O3/c1-15(13-25-22(29)18-7-5-6-8-19(18)28)11-17-12-16(26-27-17)9-10-21-24-14-20(30-21)23(2,3)4/h5-10,12,14-15,28H,11,13H2,1-4H3,(H,25,29)(H,26,27)/b10-9-. The summed E-state index contributed by atoms with van der Waals surface area (Å²) in [6, 6.07) is 8.47. The third kappa shape index (κ3) is 5.59. The molecule has 0 radical (unpaired) electrons. The Morgan fingerprint density at radius 2 is 2.07 bits per heavy atom. The summed E-state index contributed by atoms with van der Waals surface area (Å²) in [5.41, 5.74) is 1.95. The van der Waals surface area contributed by atoms with Crippen LogP contribution in [0.25, 0.3) is 12.2 Å². The number of H-pyrrole nitrogens is 1. The van der Waals surface area contributed by atoms with Crippen LogP contribution in [-0.2, 0) is 11.8 Å². The molecular weight excluding hydrogens is 380 g/mol. The molecule has 0 saturated heterocycles. The molecule has 0 bridgehead atoms. The van der Waals surface area contributed by atoms with E-state index in [1.165, 1.54) is 6.07 Å². The first-order valence-corrected chi connectivity index (χ1v) is 9.97. The summed E-state index contributed by atoms with van der Waals surface area (Å²) in [7, 11) is 0. The van der Waals surface area contributed by atoms with Crippen molar-refractivity contribution in [3.8, 4) is 5.75 Å². The minimum absolute atomic E-state index is 0.0212. The maximum Gasteiger partial charge on any atom is 0.255 e. The number of hydrogen-bond acceptors (Lipinski definition) is 5. The van der Waals surface area contributed by atoms with E-state index in [2.05, 4.69) is 41.3 Å². The number of aromatic amines is 1. The van der Waals surface area contributed by atoms with Gasteiger partial charge in [0, 0.05) is 18.0 Å². The number of phenols is 1. The van der Waals surface area contributed by atoms with Gasteiger partial charge in [-0.3, -0.25) is 9.89 Å². The third-order valence-corrected chi connectivity index (χ3v) is 4.64. The van der Waals surface area contributed by atoms with Crippen LogP contribution in [0.5, 0.6) is 5.75 Å². The van der Waals surface area contributed by atoms with E-state index < -0.39 is 0 Å². The predicted molar refractivity (Wildman–Crippen MR) is 116 cm³/mol. The molecule has 0 aliphatic carbocycles.